The van der Waals surface area contributed by atoms with E-state index >= 15 is 0 Å². The largest absolute Gasteiger partial charge is 0.485 e. The van der Waals surface area contributed by atoms with Crippen LogP contribution in [0.5, 0.6) is 5.75 Å². The zero-order chi connectivity index (χ0) is 15.5. The lowest BCUT2D eigenvalue weighted by Crippen LogP contribution is -1.98. The number of hydrogen-bond donors (Lipinski definition) is 0. The first-order valence-electron chi connectivity index (χ1n) is 6.59. The summed E-state index contributed by atoms with van der Waals surface area (Å²) in [5, 5.41) is 4.44. The smallest absolute Gasteiger partial charge is 0.258 e. The van der Waals surface area contributed by atoms with Gasteiger partial charge in [-0.3, -0.25) is 0 Å². The van der Waals surface area contributed by atoms with Crippen LogP contribution in [-0.4, -0.2) is 10.1 Å². The highest BCUT2D eigenvalue weighted by Gasteiger charge is 2.10. The van der Waals surface area contributed by atoms with Gasteiger partial charge in [0, 0.05) is 10.6 Å². The number of rotatable bonds is 4. The molecule has 0 atom stereocenters. The maximum Gasteiger partial charge on any atom is 0.258 e. The Morgan fingerprint density at radius 2 is 2.09 bits per heavy atom. The van der Waals surface area contributed by atoms with Crippen LogP contribution in [0.4, 0.5) is 4.39 Å². The first-order chi connectivity index (χ1) is 10.6. The van der Waals surface area contributed by atoms with Crippen molar-refractivity contribution in [3.05, 3.63) is 64.7 Å². The van der Waals surface area contributed by atoms with Gasteiger partial charge in [0.15, 0.2) is 6.61 Å². The summed E-state index contributed by atoms with van der Waals surface area (Å²) in [6.07, 6.45) is 0. The highest BCUT2D eigenvalue weighted by molar-refractivity contribution is 6.30. The number of hydrogen-bond acceptors (Lipinski definition) is 4. The standard InChI is InChI=1S/C16H12ClFN2O2/c1-10-7-13(5-6-14(10)18)21-9-15-19-16(22-20-15)11-3-2-4-12(17)8-11/h2-8H,9H2,1H3. The Hall–Kier alpha value is -2.40. The molecule has 0 aliphatic heterocycles. The van der Waals surface area contributed by atoms with E-state index < -0.39 is 0 Å². The van der Waals surface area contributed by atoms with Crippen LogP contribution in [0.15, 0.2) is 47.0 Å². The van der Waals surface area contributed by atoms with Crippen molar-refractivity contribution in [2.24, 2.45) is 0 Å². The van der Waals surface area contributed by atoms with Crippen LogP contribution in [0.3, 0.4) is 0 Å². The predicted molar refractivity (Wildman–Crippen MR) is 80.2 cm³/mol. The summed E-state index contributed by atoms with van der Waals surface area (Å²) in [4.78, 5) is 4.24. The van der Waals surface area contributed by atoms with Gasteiger partial charge < -0.3 is 9.26 Å². The SMILES string of the molecule is Cc1cc(OCc2noc(-c3cccc(Cl)c3)n2)ccc1F. The van der Waals surface area contributed by atoms with Crippen LogP contribution in [0.1, 0.15) is 11.4 Å². The molecule has 6 heteroatoms. The van der Waals surface area contributed by atoms with Gasteiger partial charge in [-0.1, -0.05) is 22.8 Å². The summed E-state index contributed by atoms with van der Waals surface area (Å²) in [7, 11) is 0. The van der Waals surface area contributed by atoms with E-state index in [2.05, 4.69) is 10.1 Å². The molecule has 0 bridgehead atoms. The van der Waals surface area contributed by atoms with Gasteiger partial charge in [0.2, 0.25) is 5.82 Å². The maximum absolute atomic E-state index is 13.2. The van der Waals surface area contributed by atoms with E-state index in [0.717, 1.165) is 5.56 Å². The minimum absolute atomic E-state index is 0.134. The van der Waals surface area contributed by atoms with E-state index in [1.54, 1.807) is 37.3 Å². The van der Waals surface area contributed by atoms with E-state index in [4.69, 9.17) is 20.9 Å². The Morgan fingerprint density at radius 1 is 1.23 bits per heavy atom. The van der Waals surface area contributed by atoms with Gasteiger partial charge in [-0.25, -0.2) is 4.39 Å². The van der Waals surface area contributed by atoms with E-state index in [1.807, 2.05) is 6.07 Å². The van der Waals surface area contributed by atoms with Gasteiger partial charge in [0.25, 0.3) is 5.89 Å². The molecular formula is C16H12ClFN2O2. The molecule has 0 amide bonds. The van der Waals surface area contributed by atoms with Crippen molar-refractivity contribution in [1.29, 1.82) is 0 Å². The van der Waals surface area contributed by atoms with Gasteiger partial charge in [-0.2, -0.15) is 4.98 Å². The molecule has 0 radical (unpaired) electrons. The number of halogens is 2. The zero-order valence-electron chi connectivity index (χ0n) is 11.7. The van der Waals surface area contributed by atoms with Gasteiger partial charge in [0.05, 0.1) is 0 Å². The van der Waals surface area contributed by atoms with Gasteiger partial charge in [-0.05, 0) is 48.9 Å². The number of aromatic nitrogens is 2. The van der Waals surface area contributed by atoms with Crippen molar-refractivity contribution in [2.75, 3.05) is 0 Å². The fourth-order valence-corrected chi connectivity index (χ4v) is 2.10. The van der Waals surface area contributed by atoms with Crippen LogP contribution in [0.25, 0.3) is 11.5 Å². The summed E-state index contributed by atoms with van der Waals surface area (Å²) in [5.41, 5.74) is 1.26. The van der Waals surface area contributed by atoms with Crippen molar-refractivity contribution in [3.63, 3.8) is 0 Å². The van der Waals surface area contributed by atoms with Crippen LogP contribution in [0, 0.1) is 12.7 Å². The van der Waals surface area contributed by atoms with E-state index in [0.29, 0.717) is 28.1 Å². The Labute approximate surface area is 131 Å². The summed E-state index contributed by atoms with van der Waals surface area (Å²) < 4.78 is 23.9. The summed E-state index contributed by atoms with van der Waals surface area (Å²) in [5.74, 6) is 1.05. The normalized spacial score (nSPS) is 10.7. The summed E-state index contributed by atoms with van der Waals surface area (Å²) >= 11 is 5.93. The average Bonchev–Trinajstić information content (AvgIpc) is 2.97. The molecule has 0 saturated heterocycles. The highest BCUT2D eigenvalue weighted by atomic mass is 35.5. The molecule has 0 spiro atoms. The number of nitrogens with zero attached hydrogens (tertiary/aromatic N) is 2. The Balaban J connectivity index is 1.70. The van der Waals surface area contributed by atoms with Crippen LogP contribution in [-0.2, 0) is 6.61 Å². The Morgan fingerprint density at radius 3 is 2.86 bits per heavy atom. The third-order valence-corrected chi connectivity index (χ3v) is 3.27. The molecule has 0 aliphatic rings. The topological polar surface area (TPSA) is 48.2 Å². The second kappa shape index (κ2) is 6.15. The third kappa shape index (κ3) is 3.26. The fourth-order valence-electron chi connectivity index (χ4n) is 1.91. The Kier molecular flexibility index (Phi) is 4.06. The second-order valence-electron chi connectivity index (χ2n) is 4.73. The van der Waals surface area contributed by atoms with Crippen molar-refractivity contribution >= 4 is 11.6 Å². The van der Waals surface area contributed by atoms with Crippen LogP contribution < -0.4 is 4.74 Å². The summed E-state index contributed by atoms with van der Waals surface area (Å²) in [6, 6.07) is 11.7. The molecule has 3 rings (SSSR count). The second-order valence-corrected chi connectivity index (χ2v) is 5.16. The molecule has 4 nitrogen and oxygen atoms in total. The maximum atomic E-state index is 13.2. The number of ether oxygens (including phenoxy) is 1. The summed E-state index contributed by atoms with van der Waals surface area (Å²) in [6.45, 7) is 1.81. The van der Waals surface area contributed by atoms with Crippen LogP contribution in [0.2, 0.25) is 5.02 Å². The molecule has 0 saturated carbocycles. The lowest BCUT2D eigenvalue weighted by molar-refractivity contribution is 0.286. The number of aryl methyl sites for hydroxylation is 1. The fraction of sp³-hybridized carbons (Fsp3) is 0.125. The molecule has 22 heavy (non-hydrogen) atoms. The van der Waals surface area contributed by atoms with Crippen molar-refractivity contribution in [1.82, 2.24) is 10.1 Å². The molecule has 0 unspecified atom stereocenters. The predicted octanol–water partition coefficient (Wildman–Crippen LogP) is 4.42. The molecule has 2 aromatic carbocycles. The molecule has 1 aromatic heterocycles. The first-order valence-corrected chi connectivity index (χ1v) is 6.97. The van der Waals surface area contributed by atoms with Crippen molar-refractivity contribution in [2.45, 2.75) is 13.5 Å². The molecular weight excluding hydrogens is 307 g/mol. The van der Waals surface area contributed by atoms with E-state index in [-0.39, 0.29) is 12.4 Å². The molecule has 112 valence electrons. The van der Waals surface area contributed by atoms with E-state index in [1.165, 1.54) is 6.07 Å². The van der Waals surface area contributed by atoms with Crippen molar-refractivity contribution < 1.29 is 13.7 Å². The molecule has 3 aromatic rings. The quantitative estimate of drug-likeness (QED) is 0.714. The first kappa shape index (κ1) is 14.5. The monoisotopic (exact) mass is 318 g/mol. The average molecular weight is 319 g/mol. The minimum atomic E-state index is -0.268. The molecule has 0 fully saturated rings. The van der Waals surface area contributed by atoms with E-state index in [9.17, 15) is 4.39 Å². The highest BCUT2D eigenvalue weighted by Crippen LogP contribution is 2.21. The third-order valence-electron chi connectivity index (χ3n) is 3.04. The Bertz CT molecular complexity index is 804. The zero-order valence-corrected chi connectivity index (χ0v) is 12.5. The van der Waals surface area contributed by atoms with Gasteiger partial charge in [0.1, 0.15) is 11.6 Å². The molecule has 0 aliphatic carbocycles. The minimum Gasteiger partial charge on any atom is -0.485 e. The van der Waals surface area contributed by atoms with Crippen LogP contribution >= 0.6 is 11.6 Å². The van der Waals surface area contributed by atoms with Gasteiger partial charge >= 0.3 is 0 Å². The molecule has 0 N–H and O–H groups in total. The lowest BCUT2D eigenvalue weighted by Gasteiger charge is -2.04. The number of benzene rings is 2. The molecule has 1 heterocycles. The van der Waals surface area contributed by atoms with Crippen molar-refractivity contribution in [3.8, 4) is 17.2 Å². The lowest BCUT2D eigenvalue weighted by atomic mass is 10.2. The van der Waals surface area contributed by atoms with Gasteiger partial charge in [-0.15, -0.1) is 0 Å².